The highest BCUT2D eigenvalue weighted by molar-refractivity contribution is 7.98. The van der Waals surface area contributed by atoms with Gasteiger partial charge < -0.3 is 19.7 Å². The first-order chi connectivity index (χ1) is 10.7. The minimum absolute atomic E-state index is 0.0489. The lowest BCUT2D eigenvalue weighted by Crippen LogP contribution is -2.52. The Bertz CT molecular complexity index is 522. The Labute approximate surface area is 135 Å². The molecule has 6 heteroatoms. The Morgan fingerprint density at radius 1 is 1.23 bits per heavy atom. The molecule has 0 aromatic heterocycles. The molecule has 22 heavy (non-hydrogen) atoms. The zero-order valence-electron chi connectivity index (χ0n) is 12.8. The van der Waals surface area contributed by atoms with Crippen molar-refractivity contribution in [2.45, 2.75) is 29.9 Å². The van der Waals surface area contributed by atoms with E-state index >= 15 is 0 Å². The molecule has 3 rings (SSSR count). The first-order valence-corrected chi connectivity index (χ1v) is 8.92. The van der Waals surface area contributed by atoms with Crippen molar-refractivity contribution >= 4 is 23.5 Å². The van der Waals surface area contributed by atoms with Gasteiger partial charge in [-0.25, -0.2) is 4.79 Å². The summed E-state index contributed by atoms with van der Waals surface area (Å²) in [7, 11) is 0. The van der Waals surface area contributed by atoms with Crippen molar-refractivity contribution in [3.63, 3.8) is 0 Å². The molecule has 2 aliphatic heterocycles. The molecule has 0 bridgehead atoms. The first kappa shape index (κ1) is 15.6. The van der Waals surface area contributed by atoms with Gasteiger partial charge in [0, 0.05) is 30.8 Å². The lowest BCUT2D eigenvalue weighted by Gasteiger charge is -2.43. The Morgan fingerprint density at radius 2 is 1.91 bits per heavy atom. The number of ether oxygens (including phenoxy) is 2. The molecule has 1 N–H and O–H groups in total. The minimum atomic E-state index is -0.452. The molecular formula is C16H22N2O3S. The summed E-state index contributed by atoms with van der Waals surface area (Å²) in [5, 5.41) is 3.01. The molecule has 1 spiro atoms. The van der Waals surface area contributed by atoms with Gasteiger partial charge in [0.15, 0.2) is 5.79 Å². The molecule has 2 amide bonds. The topological polar surface area (TPSA) is 50.8 Å². The maximum atomic E-state index is 12.4. The van der Waals surface area contributed by atoms with E-state index < -0.39 is 5.79 Å². The third-order valence-corrected chi connectivity index (χ3v) is 4.98. The summed E-state index contributed by atoms with van der Waals surface area (Å²) >= 11 is 1.63. The summed E-state index contributed by atoms with van der Waals surface area (Å²) in [6.45, 7) is 2.83. The second-order valence-corrected chi connectivity index (χ2v) is 6.43. The molecule has 0 atom stereocenters. The molecule has 120 valence electrons. The van der Waals surface area contributed by atoms with E-state index in [2.05, 4.69) is 5.32 Å². The second kappa shape index (κ2) is 6.89. The standard InChI is InChI=1S/C16H22N2O3S/c1-22-14-6-3-2-5-13(14)17-15(19)18-9-7-16(8-10-18)20-11-4-12-21-16/h2-3,5-6H,4,7-12H2,1H3,(H,17,19). The summed E-state index contributed by atoms with van der Waals surface area (Å²) in [5.74, 6) is -0.452. The molecular weight excluding hydrogens is 300 g/mol. The lowest BCUT2D eigenvalue weighted by atomic mass is 10.0. The lowest BCUT2D eigenvalue weighted by molar-refractivity contribution is -0.281. The Kier molecular flexibility index (Phi) is 4.90. The van der Waals surface area contributed by atoms with Gasteiger partial charge in [0.25, 0.3) is 0 Å². The van der Waals surface area contributed by atoms with Gasteiger partial charge in [0.2, 0.25) is 0 Å². The number of amides is 2. The van der Waals surface area contributed by atoms with Crippen LogP contribution in [0.5, 0.6) is 0 Å². The van der Waals surface area contributed by atoms with Crippen LogP contribution in [0, 0.1) is 0 Å². The van der Waals surface area contributed by atoms with Crippen LogP contribution >= 0.6 is 11.8 Å². The Hall–Kier alpha value is -1.24. The number of thioether (sulfide) groups is 1. The molecule has 2 fully saturated rings. The fraction of sp³-hybridized carbons (Fsp3) is 0.562. The molecule has 1 aromatic carbocycles. The van der Waals surface area contributed by atoms with Crippen LogP contribution in [-0.2, 0) is 9.47 Å². The first-order valence-electron chi connectivity index (χ1n) is 7.69. The number of hydrogen-bond acceptors (Lipinski definition) is 4. The second-order valence-electron chi connectivity index (χ2n) is 5.58. The third-order valence-electron chi connectivity index (χ3n) is 4.18. The quantitative estimate of drug-likeness (QED) is 0.850. The van der Waals surface area contributed by atoms with Gasteiger partial charge in [0.1, 0.15) is 0 Å². The molecule has 0 radical (unpaired) electrons. The van der Waals surface area contributed by atoms with Crippen LogP contribution in [0.4, 0.5) is 10.5 Å². The summed E-state index contributed by atoms with van der Waals surface area (Å²) in [6.07, 6.45) is 4.44. The smallest absolute Gasteiger partial charge is 0.321 e. The van der Waals surface area contributed by atoms with Gasteiger partial charge in [-0.05, 0) is 24.8 Å². The average Bonchev–Trinajstić information content (AvgIpc) is 2.57. The van der Waals surface area contributed by atoms with E-state index in [0.29, 0.717) is 13.1 Å². The molecule has 1 aromatic rings. The van der Waals surface area contributed by atoms with E-state index in [0.717, 1.165) is 43.1 Å². The van der Waals surface area contributed by atoms with E-state index in [-0.39, 0.29) is 6.03 Å². The van der Waals surface area contributed by atoms with Crippen molar-refractivity contribution < 1.29 is 14.3 Å². The van der Waals surface area contributed by atoms with Crippen LogP contribution < -0.4 is 5.32 Å². The van der Waals surface area contributed by atoms with E-state index in [1.54, 1.807) is 11.8 Å². The SMILES string of the molecule is CSc1ccccc1NC(=O)N1CCC2(CC1)OCCCO2. The third kappa shape index (κ3) is 3.39. The number of piperidine rings is 1. The molecule has 0 saturated carbocycles. The maximum absolute atomic E-state index is 12.4. The number of nitrogens with one attached hydrogen (secondary N) is 1. The summed E-state index contributed by atoms with van der Waals surface area (Å²) in [6, 6.07) is 7.80. The number of likely N-dealkylation sites (tertiary alicyclic amines) is 1. The summed E-state index contributed by atoms with van der Waals surface area (Å²) < 4.78 is 11.6. The fourth-order valence-electron chi connectivity index (χ4n) is 2.90. The van der Waals surface area contributed by atoms with Gasteiger partial charge >= 0.3 is 6.03 Å². The number of urea groups is 1. The highest BCUT2D eigenvalue weighted by Crippen LogP contribution is 2.31. The number of benzene rings is 1. The van der Waals surface area contributed by atoms with Crippen molar-refractivity contribution in [2.75, 3.05) is 37.9 Å². The highest BCUT2D eigenvalue weighted by Gasteiger charge is 2.39. The number of carbonyl (C=O) groups excluding carboxylic acids is 1. The van der Waals surface area contributed by atoms with E-state index in [1.807, 2.05) is 35.4 Å². The van der Waals surface area contributed by atoms with Crippen LogP contribution in [-0.4, -0.2) is 49.3 Å². The number of rotatable bonds is 2. The van der Waals surface area contributed by atoms with E-state index in [1.165, 1.54) is 0 Å². The number of nitrogens with zero attached hydrogens (tertiary/aromatic N) is 1. The molecule has 0 aliphatic carbocycles. The normalized spacial score (nSPS) is 20.9. The average molecular weight is 322 g/mol. The van der Waals surface area contributed by atoms with Crippen LogP contribution in [0.15, 0.2) is 29.2 Å². The van der Waals surface area contributed by atoms with Gasteiger partial charge in [0.05, 0.1) is 18.9 Å². The number of para-hydroxylation sites is 1. The maximum Gasteiger partial charge on any atom is 0.321 e. The van der Waals surface area contributed by atoms with Crippen LogP contribution in [0.1, 0.15) is 19.3 Å². The van der Waals surface area contributed by atoms with Gasteiger partial charge in [-0.3, -0.25) is 0 Å². The summed E-state index contributed by atoms with van der Waals surface area (Å²) in [5.41, 5.74) is 0.866. The Morgan fingerprint density at radius 3 is 2.59 bits per heavy atom. The molecule has 2 heterocycles. The molecule has 2 aliphatic rings. The zero-order chi connectivity index (χ0) is 15.4. The minimum Gasteiger partial charge on any atom is -0.350 e. The monoisotopic (exact) mass is 322 g/mol. The number of carbonyl (C=O) groups is 1. The highest BCUT2D eigenvalue weighted by atomic mass is 32.2. The van der Waals surface area contributed by atoms with Crippen molar-refractivity contribution in [3.05, 3.63) is 24.3 Å². The van der Waals surface area contributed by atoms with Gasteiger partial charge in [-0.1, -0.05) is 12.1 Å². The van der Waals surface area contributed by atoms with E-state index in [9.17, 15) is 4.79 Å². The zero-order valence-corrected chi connectivity index (χ0v) is 13.7. The van der Waals surface area contributed by atoms with Crippen molar-refractivity contribution in [1.29, 1.82) is 0 Å². The van der Waals surface area contributed by atoms with Crippen LogP contribution in [0.25, 0.3) is 0 Å². The van der Waals surface area contributed by atoms with Crippen molar-refractivity contribution in [3.8, 4) is 0 Å². The predicted molar refractivity (Wildman–Crippen MR) is 87.3 cm³/mol. The van der Waals surface area contributed by atoms with Crippen molar-refractivity contribution in [1.82, 2.24) is 4.90 Å². The number of anilines is 1. The van der Waals surface area contributed by atoms with Crippen LogP contribution in [0.3, 0.4) is 0 Å². The van der Waals surface area contributed by atoms with Gasteiger partial charge in [-0.2, -0.15) is 0 Å². The molecule has 2 saturated heterocycles. The molecule has 0 unspecified atom stereocenters. The summed E-state index contributed by atoms with van der Waals surface area (Å²) in [4.78, 5) is 15.3. The van der Waals surface area contributed by atoms with Gasteiger partial charge in [-0.15, -0.1) is 11.8 Å². The molecule has 5 nitrogen and oxygen atoms in total. The van der Waals surface area contributed by atoms with Crippen LogP contribution in [0.2, 0.25) is 0 Å². The Balaban J connectivity index is 1.58. The largest absolute Gasteiger partial charge is 0.350 e. The fourth-order valence-corrected chi connectivity index (χ4v) is 3.45. The predicted octanol–water partition coefficient (Wildman–Crippen LogP) is 3.17. The van der Waals surface area contributed by atoms with E-state index in [4.69, 9.17) is 9.47 Å². The van der Waals surface area contributed by atoms with Crippen molar-refractivity contribution in [2.24, 2.45) is 0 Å². The number of hydrogen-bond donors (Lipinski definition) is 1.